The monoisotopic (exact) mass is 430 g/mol. The highest BCUT2D eigenvalue weighted by Crippen LogP contribution is 2.23. The molecule has 1 aromatic rings. The maximum Gasteiger partial charge on any atom is 0.340 e. The molecule has 1 aliphatic heterocycles. The van der Waals surface area contributed by atoms with Crippen molar-refractivity contribution in [2.75, 3.05) is 14.2 Å². The van der Waals surface area contributed by atoms with Gasteiger partial charge in [-0.05, 0) is 30.9 Å². The number of benzene rings is 1. The minimum absolute atomic E-state index is 0.0652. The normalized spacial score (nSPS) is 16.2. The van der Waals surface area contributed by atoms with Crippen molar-refractivity contribution in [2.24, 2.45) is 4.99 Å². The second kappa shape index (κ2) is 12.0. The van der Waals surface area contributed by atoms with Crippen molar-refractivity contribution in [3.05, 3.63) is 41.5 Å². The molecule has 8 nitrogen and oxygen atoms in total. The molecule has 1 heterocycles. The van der Waals surface area contributed by atoms with Gasteiger partial charge >= 0.3 is 23.8 Å². The molecule has 0 saturated carbocycles. The number of nitrogens with zero attached hydrogens (tertiary/aromatic N) is 2. The van der Waals surface area contributed by atoms with E-state index in [1.165, 1.54) is 14.2 Å². The summed E-state index contributed by atoms with van der Waals surface area (Å²) in [6.45, 7) is 4.07. The lowest BCUT2D eigenvalue weighted by molar-refractivity contribution is -0.150. The number of unbranched alkanes of at least 4 members (excludes halogenated alkanes) is 2. The Hall–Kier alpha value is -3.00. The minimum Gasteiger partial charge on any atom is -0.468 e. The SMILES string of the molecule is CCCCCC(CC)OC(=O)C(=Cc1ccccc1)C(OC)N1C(=O)C(=O)N=C1OC. The third kappa shape index (κ3) is 6.24. The number of hydrogen-bond donors (Lipinski definition) is 0. The molecule has 0 aromatic heterocycles. The second-order valence-electron chi connectivity index (χ2n) is 7.11. The lowest BCUT2D eigenvalue weighted by Gasteiger charge is -2.28. The highest BCUT2D eigenvalue weighted by atomic mass is 16.6. The second-order valence-corrected chi connectivity index (χ2v) is 7.11. The quantitative estimate of drug-likeness (QED) is 0.231. The molecule has 168 valence electrons. The van der Waals surface area contributed by atoms with Crippen LogP contribution in [0, 0.1) is 0 Å². The van der Waals surface area contributed by atoms with Gasteiger partial charge in [-0.2, -0.15) is 4.99 Å². The van der Waals surface area contributed by atoms with Gasteiger partial charge in [-0.1, -0.05) is 57.0 Å². The van der Waals surface area contributed by atoms with E-state index in [4.69, 9.17) is 14.2 Å². The van der Waals surface area contributed by atoms with E-state index in [-0.39, 0.29) is 17.7 Å². The van der Waals surface area contributed by atoms with Crippen LogP contribution in [0.2, 0.25) is 0 Å². The van der Waals surface area contributed by atoms with Crippen molar-refractivity contribution < 1.29 is 28.6 Å². The van der Waals surface area contributed by atoms with Crippen LogP contribution < -0.4 is 0 Å². The van der Waals surface area contributed by atoms with Crippen LogP contribution in [0.25, 0.3) is 6.08 Å². The van der Waals surface area contributed by atoms with Crippen LogP contribution in [0.3, 0.4) is 0 Å². The Kier molecular flexibility index (Phi) is 9.40. The molecule has 1 aliphatic rings. The Labute approximate surface area is 182 Å². The fourth-order valence-electron chi connectivity index (χ4n) is 3.25. The molecule has 31 heavy (non-hydrogen) atoms. The van der Waals surface area contributed by atoms with Crippen molar-refractivity contribution in [1.29, 1.82) is 0 Å². The van der Waals surface area contributed by atoms with E-state index in [0.717, 1.165) is 30.6 Å². The summed E-state index contributed by atoms with van der Waals surface area (Å²) in [5.74, 6) is -2.55. The summed E-state index contributed by atoms with van der Waals surface area (Å²) in [5.41, 5.74) is 0.778. The van der Waals surface area contributed by atoms with Gasteiger partial charge in [0.05, 0.1) is 12.7 Å². The predicted octanol–water partition coefficient (Wildman–Crippen LogP) is 3.32. The van der Waals surface area contributed by atoms with Gasteiger partial charge in [0, 0.05) is 7.11 Å². The third-order valence-electron chi connectivity index (χ3n) is 4.93. The van der Waals surface area contributed by atoms with Gasteiger partial charge in [0.1, 0.15) is 6.10 Å². The van der Waals surface area contributed by atoms with E-state index in [0.29, 0.717) is 12.0 Å². The summed E-state index contributed by atoms with van der Waals surface area (Å²) < 4.78 is 16.3. The molecule has 2 amide bonds. The van der Waals surface area contributed by atoms with Crippen LogP contribution in [0.1, 0.15) is 51.5 Å². The summed E-state index contributed by atoms with van der Waals surface area (Å²) >= 11 is 0. The number of ether oxygens (including phenoxy) is 3. The van der Waals surface area contributed by atoms with Crippen LogP contribution in [0.5, 0.6) is 0 Å². The van der Waals surface area contributed by atoms with E-state index in [2.05, 4.69) is 11.9 Å². The van der Waals surface area contributed by atoms with E-state index in [1.54, 1.807) is 18.2 Å². The maximum absolute atomic E-state index is 13.2. The first-order valence-electron chi connectivity index (χ1n) is 10.5. The molecule has 2 rings (SSSR count). The Balaban J connectivity index is 2.39. The zero-order valence-electron chi connectivity index (χ0n) is 18.5. The molecule has 0 N–H and O–H groups in total. The maximum atomic E-state index is 13.2. The Morgan fingerprint density at radius 1 is 1.13 bits per heavy atom. The van der Waals surface area contributed by atoms with Crippen molar-refractivity contribution in [2.45, 2.75) is 58.3 Å². The van der Waals surface area contributed by atoms with Crippen LogP contribution in [0.4, 0.5) is 0 Å². The van der Waals surface area contributed by atoms with E-state index in [9.17, 15) is 14.4 Å². The summed E-state index contributed by atoms with van der Waals surface area (Å²) in [7, 11) is 2.61. The van der Waals surface area contributed by atoms with Crippen molar-refractivity contribution in [1.82, 2.24) is 4.90 Å². The minimum atomic E-state index is -1.24. The zero-order valence-corrected chi connectivity index (χ0v) is 18.5. The zero-order chi connectivity index (χ0) is 22.8. The van der Waals surface area contributed by atoms with E-state index in [1.807, 2.05) is 25.1 Å². The molecule has 0 bridgehead atoms. The number of amides is 2. The predicted molar refractivity (Wildman–Crippen MR) is 116 cm³/mol. The largest absolute Gasteiger partial charge is 0.468 e. The first kappa shape index (κ1) is 24.3. The summed E-state index contributed by atoms with van der Waals surface area (Å²) in [4.78, 5) is 42.0. The molecule has 2 atom stereocenters. The summed E-state index contributed by atoms with van der Waals surface area (Å²) in [6, 6.07) is 8.87. The Morgan fingerprint density at radius 2 is 1.84 bits per heavy atom. The number of carbonyl (C=O) groups excluding carboxylic acids is 3. The highest BCUT2D eigenvalue weighted by Gasteiger charge is 2.43. The van der Waals surface area contributed by atoms with Crippen LogP contribution in [-0.4, -0.2) is 55.3 Å². The molecule has 0 radical (unpaired) electrons. The highest BCUT2D eigenvalue weighted by molar-refractivity contribution is 6.43. The number of hydrogen-bond acceptors (Lipinski definition) is 6. The fraction of sp³-hybridized carbons (Fsp3) is 0.478. The Bertz CT molecular complexity index is 834. The number of amidine groups is 1. The van der Waals surface area contributed by atoms with Gasteiger partial charge in [0.25, 0.3) is 0 Å². The molecule has 2 unspecified atom stereocenters. The standard InChI is InChI=1S/C23H30N2O6/c1-5-7-9-14-17(6-2)31-22(28)18(15-16-12-10-8-11-13-16)21(29-3)25-20(27)19(26)24-23(25)30-4/h8,10-13,15,17,21H,5-7,9,14H2,1-4H3. The summed E-state index contributed by atoms with van der Waals surface area (Å²) in [6.07, 6.45) is 4.57. The van der Waals surface area contributed by atoms with Gasteiger partial charge in [-0.15, -0.1) is 0 Å². The van der Waals surface area contributed by atoms with Crippen LogP contribution >= 0.6 is 0 Å². The molecule has 8 heteroatoms. The molecule has 0 aliphatic carbocycles. The number of aliphatic imine (C=N–C) groups is 1. The molecule has 0 spiro atoms. The molecule has 0 saturated heterocycles. The average Bonchev–Trinajstić information content (AvgIpc) is 3.07. The molecular weight excluding hydrogens is 400 g/mol. The summed E-state index contributed by atoms with van der Waals surface area (Å²) in [5, 5.41) is 0. The smallest absolute Gasteiger partial charge is 0.340 e. The fourth-order valence-corrected chi connectivity index (χ4v) is 3.25. The van der Waals surface area contributed by atoms with Gasteiger partial charge < -0.3 is 14.2 Å². The van der Waals surface area contributed by atoms with Crippen molar-refractivity contribution in [3.8, 4) is 0 Å². The molecule has 0 fully saturated rings. The van der Waals surface area contributed by atoms with E-state index >= 15 is 0 Å². The van der Waals surface area contributed by atoms with Crippen molar-refractivity contribution >= 4 is 29.9 Å². The lowest BCUT2D eigenvalue weighted by Crippen LogP contribution is -2.47. The first-order chi connectivity index (χ1) is 15.0. The topological polar surface area (TPSA) is 94.5 Å². The van der Waals surface area contributed by atoms with Crippen LogP contribution in [-0.2, 0) is 28.6 Å². The number of carbonyl (C=O) groups is 3. The Morgan fingerprint density at radius 3 is 2.42 bits per heavy atom. The van der Waals surface area contributed by atoms with E-state index < -0.39 is 24.0 Å². The third-order valence-corrected chi connectivity index (χ3v) is 4.93. The van der Waals surface area contributed by atoms with Crippen LogP contribution in [0.15, 0.2) is 40.9 Å². The van der Waals surface area contributed by atoms with Gasteiger partial charge in [-0.25, -0.2) is 9.69 Å². The first-order valence-corrected chi connectivity index (χ1v) is 10.5. The van der Waals surface area contributed by atoms with Crippen molar-refractivity contribution in [3.63, 3.8) is 0 Å². The molecule has 1 aromatic carbocycles. The lowest BCUT2D eigenvalue weighted by atomic mass is 10.1. The number of esters is 1. The number of rotatable bonds is 11. The van der Waals surface area contributed by atoms with Gasteiger partial charge in [0.15, 0.2) is 6.23 Å². The van der Waals surface area contributed by atoms with Gasteiger partial charge in [-0.3, -0.25) is 9.59 Å². The average molecular weight is 431 g/mol. The molecular formula is C23H30N2O6. The number of methoxy groups -OCH3 is 2. The van der Waals surface area contributed by atoms with Gasteiger partial charge in [0.2, 0.25) is 0 Å².